The van der Waals surface area contributed by atoms with Crippen molar-refractivity contribution in [2.45, 2.75) is 16.1 Å². The molecule has 202 valence electrons. The molecule has 8 nitrogen and oxygen atoms in total. The number of carbonyl (C=O) groups is 2. The van der Waals surface area contributed by atoms with Crippen molar-refractivity contribution in [1.29, 1.82) is 0 Å². The Morgan fingerprint density at radius 2 is 1.75 bits per heavy atom. The first-order chi connectivity index (χ1) is 19.4. The van der Waals surface area contributed by atoms with E-state index in [0.717, 1.165) is 21.8 Å². The molecule has 1 N–H and O–H groups in total. The highest BCUT2D eigenvalue weighted by molar-refractivity contribution is 8.00. The summed E-state index contributed by atoms with van der Waals surface area (Å²) in [5, 5.41) is 19.6. The maximum Gasteiger partial charge on any atom is 0.301 e. The predicted molar refractivity (Wildman–Crippen MR) is 144 cm³/mol. The molecule has 1 fully saturated rings. The third-order valence-electron chi connectivity index (χ3n) is 6.34. The standard InChI is InChI=1S/C28H19F2N3O5S2/c29-17-8-5-15(6-9-17)14-39-28-32-31-27(40-28)33-23(18-3-1-2-4-19(18)30)22(25(35)26(33)36)24(34)16-7-10-20-21(13-16)38-12-11-37-20/h1-10,13,23,34H,11-12,14H2/b24-22+/t23-/m0/s1. The summed E-state index contributed by atoms with van der Waals surface area (Å²) in [6, 6.07) is 15.1. The maximum atomic E-state index is 15.1. The second-order valence-electron chi connectivity index (χ2n) is 8.81. The van der Waals surface area contributed by atoms with Gasteiger partial charge in [-0.1, -0.05) is 53.4 Å². The minimum absolute atomic E-state index is 0.0107. The number of hydrogen-bond donors (Lipinski definition) is 1. The predicted octanol–water partition coefficient (Wildman–Crippen LogP) is 5.51. The van der Waals surface area contributed by atoms with Crippen LogP contribution in [0.5, 0.6) is 11.5 Å². The van der Waals surface area contributed by atoms with Crippen LogP contribution < -0.4 is 14.4 Å². The average molecular weight is 580 g/mol. The number of rotatable bonds is 6. The molecule has 1 amide bonds. The van der Waals surface area contributed by atoms with Crippen LogP contribution >= 0.6 is 23.1 Å². The fraction of sp³-hybridized carbons (Fsp3) is 0.143. The Balaban J connectivity index is 1.39. The van der Waals surface area contributed by atoms with E-state index in [1.807, 2.05) is 0 Å². The molecule has 0 bridgehead atoms. The molecule has 2 aliphatic rings. The van der Waals surface area contributed by atoms with E-state index in [2.05, 4.69) is 10.2 Å². The summed E-state index contributed by atoms with van der Waals surface area (Å²) in [4.78, 5) is 27.8. The van der Waals surface area contributed by atoms with Gasteiger partial charge in [0.2, 0.25) is 5.13 Å². The number of fused-ring (bicyclic) bond motifs is 1. The van der Waals surface area contributed by atoms with Crippen LogP contribution in [0.1, 0.15) is 22.7 Å². The minimum atomic E-state index is -1.29. The number of halogens is 2. The molecule has 3 aromatic carbocycles. The second-order valence-corrected chi connectivity index (χ2v) is 11.0. The number of benzene rings is 3. The van der Waals surface area contributed by atoms with E-state index < -0.39 is 29.3 Å². The number of aliphatic hydroxyl groups excluding tert-OH is 1. The summed E-state index contributed by atoms with van der Waals surface area (Å²) in [6.45, 7) is 0.693. The number of ether oxygens (including phenoxy) is 2. The van der Waals surface area contributed by atoms with Crippen LogP contribution in [0.15, 0.2) is 76.6 Å². The van der Waals surface area contributed by atoms with Crippen LogP contribution in [-0.4, -0.2) is 40.2 Å². The van der Waals surface area contributed by atoms with Crippen molar-refractivity contribution in [3.8, 4) is 11.5 Å². The number of ketones is 1. The Bertz CT molecular complexity index is 1660. The number of aromatic nitrogens is 2. The fourth-order valence-electron chi connectivity index (χ4n) is 4.45. The van der Waals surface area contributed by atoms with Crippen LogP contribution in [0.2, 0.25) is 0 Å². The van der Waals surface area contributed by atoms with Gasteiger partial charge in [0.25, 0.3) is 5.78 Å². The first-order valence-electron chi connectivity index (χ1n) is 12.1. The summed E-state index contributed by atoms with van der Waals surface area (Å²) in [6.07, 6.45) is 0. The van der Waals surface area contributed by atoms with Crippen molar-refractivity contribution >= 4 is 45.7 Å². The molecule has 0 radical (unpaired) electrons. The topological polar surface area (TPSA) is 102 Å². The van der Waals surface area contributed by atoms with Crippen molar-refractivity contribution in [3.05, 3.63) is 101 Å². The number of hydrogen-bond acceptors (Lipinski definition) is 9. The SMILES string of the molecule is O=C1C(=O)N(c2nnc(SCc3ccc(F)cc3)s2)[C@@H](c2ccccc2F)/C1=C(\O)c1ccc2c(c1)OCCO2. The molecule has 3 heterocycles. The van der Waals surface area contributed by atoms with Gasteiger partial charge in [-0.15, -0.1) is 10.2 Å². The molecule has 40 heavy (non-hydrogen) atoms. The third kappa shape index (κ3) is 4.80. The van der Waals surface area contributed by atoms with Gasteiger partial charge in [-0.25, -0.2) is 8.78 Å². The minimum Gasteiger partial charge on any atom is -0.507 e. The summed E-state index contributed by atoms with van der Waals surface area (Å²) < 4.78 is 40.0. The zero-order valence-corrected chi connectivity index (χ0v) is 22.2. The molecule has 12 heteroatoms. The summed E-state index contributed by atoms with van der Waals surface area (Å²) in [5.41, 5.74) is 0.782. The Morgan fingerprint density at radius 3 is 2.52 bits per heavy atom. The molecular formula is C28H19F2N3O5S2. The van der Waals surface area contributed by atoms with E-state index in [0.29, 0.717) is 34.8 Å². The van der Waals surface area contributed by atoms with E-state index in [9.17, 15) is 19.1 Å². The highest BCUT2D eigenvalue weighted by atomic mass is 32.2. The van der Waals surface area contributed by atoms with Gasteiger partial charge in [0.05, 0.1) is 5.57 Å². The molecule has 6 rings (SSSR count). The lowest BCUT2D eigenvalue weighted by molar-refractivity contribution is -0.132. The Morgan fingerprint density at radius 1 is 1.00 bits per heavy atom. The van der Waals surface area contributed by atoms with Crippen LogP contribution in [0.25, 0.3) is 5.76 Å². The van der Waals surface area contributed by atoms with Gasteiger partial charge in [-0.2, -0.15) is 0 Å². The molecule has 0 spiro atoms. The Kier molecular flexibility index (Phi) is 6.95. The summed E-state index contributed by atoms with van der Waals surface area (Å²) in [7, 11) is 0. The number of amides is 1. The van der Waals surface area contributed by atoms with Gasteiger partial charge in [0.15, 0.2) is 15.8 Å². The number of nitrogens with zero attached hydrogens (tertiary/aromatic N) is 3. The third-order valence-corrected chi connectivity index (χ3v) is 8.46. The number of carbonyl (C=O) groups excluding carboxylic acids is 2. The first kappa shape index (κ1) is 26.0. The van der Waals surface area contributed by atoms with E-state index in [4.69, 9.17) is 9.47 Å². The van der Waals surface area contributed by atoms with Gasteiger partial charge in [-0.05, 0) is 42.0 Å². The lowest BCUT2D eigenvalue weighted by Gasteiger charge is -2.23. The van der Waals surface area contributed by atoms with Gasteiger partial charge >= 0.3 is 5.91 Å². The molecule has 0 unspecified atom stereocenters. The normalized spacial score (nSPS) is 17.9. The van der Waals surface area contributed by atoms with Crippen molar-refractivity contribution in [1.82, 2.24) is 10.2 Å². The van der Waals surface area contributed by atoms with Crippen molar-refractivity contribution in [2.24, 2.45) is 0 Å². The van der Waals surface area contributed by atoms with E-state index >= 15 is 4.39 Å². The van der Waals surface area contributed by atoms with Crippen molar-refractivity contribution < 1.29 is 33.0 Å². The van der Waals surface area contributed by atoms with Gasteiger partial charge in [-0.3, -0.25) is 14.5 Å². The van der Waals surface area contributed by atoms with E-state index in [-0.39, 0.29) is 27.6 Å². The molecule has 1 aromatic heterocycles. The van der Waals surface area contributed by atoms with Crippen LogP contribution in [0, 0.1) is 11.6 Å². The lowest BCUT2D eigenvalue weighted by Crippen LogP contribution is -2.29. The van der Waals surface area contributed by atoms with Crippen molar-refractivity contribution in [3.63, 3.8) is 0 Å². The monoisotopic (exact) mass is 579 g/mol. The molecule has 1 atom stereocenters. The number of thioether (sulfide) groups is 1. The van der Waals surface area contributed by atoms with Crippen LogP contribution in [0.3, 0.4) is 0 Å². The van der Waals surface area contributed by atoms with Gasteiger partial charge in [0.1, 0.15) is 36.6 Å². The molecule has 0 saturated carbocycles. The molecule has 0 aliphatic carbocycles. The molecular weight excluding hydrogens is 560 g/mol. The van der Waals surface area contributed by atoms with Gasteiger partial charge in [0, 0.05) is 16.9 Å². The van der Waals surface area contributed by atoms with Crippen LogP contribution in [0.4, 0.5) is 13.9 Å². The lowest BCUT2D eigenvalue weighted by atomic mass is 9.95. The largest absolute Gasteiger partial charge is 0.507 e. The number of anilines is 1. The maximum absolute atomic E-state index is 15.1. The zero-order chi connectivity index (χ0) is 27.8. The van der Waals surface area contributed by atoms with E-state index in [1.54, 1.807) is 24.3 Å². The Hall–Kier alpha value is -4.29. The molecule has 2 aliphatic heterocycles. The zero-order valence-electron chi connectivity index (χ0n) is 20.5. The van der Waals surface area contributed by atoms with Crippen molar-refractivity contribution in [2.75, 3.05) is 18.1 Å². The summed E-state index contributed by atoms with van der Waals surface area (Å²) in [5.74, 6) is -2.13. The smallest absolute Gasteiger partial charge is 0.301 e. The number of Topliss-reactive ketones (excluding diaryl/α,β-unsaturated/α-hetero) is 1. The first-order valence-corrected chi connectivity index (χ1v) is 13.9. The Labute approximate surface area is 234 Å². The quantitative estimate of drug-likeness (QED) is 0.105. The molecule has 1 saturated heterocycles. The fourth-order valence-corrected chi connectivity index (χ4v) is 6.27. The average Bonchev–Trinajstić information content (AvgIpc) is 3.54. The summed E-state index contributed by atoms with van der Waals surface area (Å²) >= 11 is 2.36. The number of aliphatic hydroxyl groups is 1. The second kappa shape index (κ2) is 10.7. The van der Waals surface area contributed by atoms with E-state index in [1.165, 1.54) is 54.2 Å². The van der Waals surface area contributed by atoms with Gasteiger partial charge < -0.3 is 14.6 Å². The highest BCUT2D eigenvalue weighted by Gasteiger charge is 2.49. The highest BCUT2D eigenvalue weighted by Crippen LogP contribution is 2.45. The molecule has 4 aromatic rings. The van der Waals surface area contributed by atoms with Crippen LogP contribution in [-0.2, 0) is 15.3 Å².